The molecule has 3 heterocycles. The maximum Gasteiger partial charge on any atom is 0.322 e. The molecule has 0 bridgehead atoms. The quantitative estimate of drug-likeness (QED) is 0.677. The molecule has 2 aliphatic rings. The molecule has 2 aliphatic heterocycles. The van der Waals surface area contributed by atoms with Crippen LogP contribution >= 0.6 is 0 Å². The van der Waals surface area contributed by atoms with Crippen molar-refractivity contribution in [2.24, 2.45) is 0 Å². The Bertz CT molecular complexity index is 1100. The summed E-state index contributed by atoms with van der Waals surface area (Å²) in [6.07, 6.45) is 0.333. The van der Waals surface area contributed by atoms with E-state index in [2.05, 4.69) is 10.4 Å². The average Bonchev–Trinajstić information content (AvgIpc) is 3.16. The highest BCUT2D eigenvalue weighted by molar-refractivity contribution is 7.93. The Labute approximate surface area is 169 Å². The van der Waals surface area contributed by atoms with Gasteiger partial charge in [-0.15, -0.1) is 0 Å². The van der Waals surface area contributed by atoms with E-state index in [1.807, 2.05) is 0 Å². The number of carbonyl (C=O) groups excluding carboxylic acids is 1. The highest BCUT2D eigenvalue weighted by Gasteiger charge is 2.39. The summed E-state index contributed by atoms with van der Waals surface area (Å²) in [6, 6.07) is 0.259. The summed E-state index contributed by atoms with van der Waals surface area (Å²) in [5.41, 5.74) is 0.445. The molecule has 0 saturated carbocycles. The highest BCUT2D eigenvalue weighted by atomic mass is 32.2. The zero-order valence-electron chi connectivity index (χ0n) is 15.7. The summed E-state index contributed by atoms with van der Waals surface area (Å²) in [7, 11) is -3.71. The summed E-state index contributed by atoms with van der Waals surface area (Å²) in [4.78, 5) is 14.0. The Morgan fingerprint density at radius 2 is 1.90 bits per heavy atom. The van der Waals surface area contributed by atoms with Crippen molar-refractivity contribution < 1.29 is 31.5 Å². The van der Waals surface area contributed by atoms with Crippen molar-refractivity contribution in [1.29, 1.82) is 0 Å². The third kappa shape index (κ3) is 3.47. The van der Waals surface area contributed by atoms with Crippen LogP contribution in [-0.2, 0) is 23.1 Å². The molecule has 0 spiro atoms. The van der Waals surface area contributed by atoms with E-state index in [1.54, 1.807) is 11.6 Å². The number of carbonyl (C=O) groups is 1. The van der Waals surface area contributed by atoms with E-state index in [0.717, 1.165) is 4.31 Å². The number of nitrogens with zero attached hydrogens (tertiary/aromatic N) is 4. The number of hydrogen-bond acceptors (Lipinski definition) is 5. The lowest BCUT2D eigenvalue weighted by atomic mass is 10.2. The van der Waals surface area contributed by atoms with Gasteiger partial charge in [0, 0.05) is 17.8 Å². The Kier molecular flexibility index (Phi) is 4.89. The molecule has 9 nitrogen and oxygen atoms in total. The van der Waals surface area contributed by atoms with Gasteiger partial charge in [0.2, 0.25) is 10.0 Å². The number of benzene rings is 1. The number of urea groups is 1. The average molecular weight is 445 g/mol. The lowest BCUT2D eigenvalue weighted by Crippen LogP contribution is -2.47. The zero-order valence-corrected chi connectivity index (χ0v) is 16.5. The number of sulfonamides is 1. The summed E-state index contributed by atoms with van der Waals surface area (Å²) in [5, 5.41) is 16.2. The molecule has 1 aromatic heterocycles. The van der Waals surface area contributed by atoms with Gasteiger partial charge < -0.3 is 15.3 Å². The maximum atomic E-state index is 13.4. The molecular formula is C17H18F3N5O4S. The van der Waals surface area contributed by atoms with Crippen LogP contribution in [0.4, 0.5) is 29.3 Å². The van der Waals surface area contributed by atoms with Crippen molar-refractivity contribution >= 4 is 27.4 Å². The van der Waals surface area contributed by atoms with E-state index in [1.165, 1.54) is 11.1 Å². The number of nitrogens with one attached hydrogen (secondary N) is 1. The van der Waals surface area contributed by atoms with Gasteiger partial charge in [0.25, 0.3) is 0 Å². The first-order valence-electron chi connectivity index (χ1n) is 9.02. The van der Waals surface area contributed by atoms with Crippen LogP contribution in [0.2, 0.25) is 0 Å². The highest BCUT2D eigenvalue weighted by Crippen LogP contribution is 2.32. The molecule has 4 rings (SSSR count). The number of aliphatic hydroxyl groups is 1. The molecule has 2 atom stereocenters. The molecule has 162 valence electrons. The van der Waals surface area contributed by atoms with Crippen LogP contribution in [-0.4, -0.2) is 58.7 Å². The minimum Gasteiger partial charge on any atom is -0.390 e. The normalized spacial score (nSPS) is 22.8. The first-order valence-corrected chi connectivity index (χ1v) is 10.6. The van der Waals surface area contributed by atoms with Gasteiger partial charge in [-0.05, 0) is 6.92 Å². The van der Waals surface area contributed by atoms with Crippen molar-refractivity contribution in [1.82, 2.24) is 14.7 Å². The largest absolute Gasteiger partial charge is 0.390 e. The molecule has 2 N–H and O–H groups in total. The molecule has 0 aliphatic carbocycles. The van der Waals surface area contributed by atoms with Crippen LogP contribution in [0.1, 0.15) is 12.6 Å². The smallest absolute Gasteiger partial charge is 0.322 e. The Morgan fingerprint density at radius 3 is 2.50 bits per heavy atom. The third-order valence-electron chi connectivity index (χ3n) is 5.10. The predicted molar refractivity (Wildman–Crippen MR) is 99.7 cm³/mol. The molecule has 2 amide bonds. The van der Waals surface area contributed by atoms with Gasteiger partial charge in [-0.25, -0.2) is 26.4 Å². The molecule has 1 aromatic carbocycles. The maximum absolute atomic E-state index is 13.4. The molecule has 1 unspecified atom stereocenters. The Morgan fingerprint density at radius 1 is 1.23 bits per heavy atom. The van der Waals surface area contributed by atoms with E-state index in [-0.39, 0.29) is 37.1 Å². The minimum absolute atomic E-state index is 0.0311. The molecule has 13 heteroatoms. The van der Waals surface area contributed by atoms with Gasteiger partial charge in [0.1, 0.15) is 0 Å². The van der Waals surface area contributed by atoms with Crippen LogP contribution in [0.15, 0.2) is 18.3 Å². The number of fused-ring (bicyclic) bond motifs is 1. The van der Waals surface area contributed by atoms with Crippen LogP contribution in [0.3, 0.4) is 0 Å². The summed E-state index contributed by atoms with van der Waals surface area (Å²) >= 11 is 0. The molecule has 30 heavy (non-hydrogen) atoms. The fourth-order valence-electron chi connectivity index (χ4n) is 3.63. The van der Waals surface area contributed by atoms with Gasteiger partial charge in [0.05, 0.1) is 55.1 Å². The summed E-state index contributed by atoms with van der Waals surface area (Å²) < 4.78 is 67.2. The van der Waals surface area contributed by atoms with Crippen molar-refractivity contribution in [3.63, 3.8) is 0 Å². The van der Waals surface area contributed by atoms with Gasteiger partial charge in [-0.1, -0.05) is 0 Å². The number of hydrogen-bond donors (Lipinski definition) is 2. The van der Waals surface area contributed by atoms with Gasteiger partial charge in [0.15, 0.2) is 17.5 Å². The van der Waals surface area contributed by atoms with E-state index in [9.17, 15) is 31.5 Å². The second kappa shape index (κ2) is 7.16. The number of aliphatic hydroxyl groups excluding tert-OH is 1. The Balaban J connectivity index is 1.59. The topological polar surface area (TPSA) is 108 Å². The Hall–Kier alpha value is -2.80. The zero-order chi connectivity index (χ0) is 21.8. The summed E-state index contributed by atoms with van der Waals surface area (Å²) in [6.45, 7) is 1.84. The van der Waals surface area contributed by atoms with Crippen molar-refractivity contribution in [2.45, 2.75) is 32.2 Å². The van der Waals surface area contributed by atoms with Crippen molar-refractivity contribution in [3.8, 4) is 0 Å². The van der Waals surface area contributed by atoms with Crippen molar-refractivity contribution in [2.75, 3.05) is 21.9 Å². The fraction of sp³-hybridized carbons (Fsp3) is 0.412. The molecular weight excluding hydrogens is 427 g/mol. The van der Waals surface area contributed by atoms with Gasteiger partial charge >= 0.3 is 6.03 Å². The third-order valence-corrected chi connectivity index (χ3v) is 6.92. The first kappa shape index (κ1) is 20.5. The second-order valence-corrected chi connectivity index (χ2v) is 9.22. The van der Waals surface area contributed by atoms with E-state index in [4.69, 9.17) is 0 Å². The van der Waals surface area contributed by atoms with E-state index >= 15 is 0 Å². The number of amides is 2. The number of aromatic nitrogens is 2. The summed E-state index contributed by atoms with van der Waals surface area (Å²) in [5.74, 6) is -4.91. The lowest BCUT2D eigenvalue weighted by Gasteiger charge is -2.35. The lowest BCUT2D eigenvalue weighted by molar-refractivity contribution is 0.161. The fourth-order valence-corrected chi connectivity index (χ4v) is 5.25. The van der Waals surface area contributed by atoms with E-state index in [0.29, 0.717) is 17.8 Å². The van der Waals surface area contributed by atoms with Crippen LogP contribution in [0.5, 0.6) is 0 Å². The van der Waals surface area contributed by atoms with E-state index < -0.39 is 45.4 Å². The van der Waals surface area contributed by atoms with Gasteiger partial charge in [-0.3, -0.25) is 8.99 Å². The predicted octanol–water partition coefficient (Wildman–Crippen LogP) is 1.25. The van der Waals surface area contributed by atoms with Gasteiger partial charge in [-0.2, -0.15) is 5.10 Å². The van der Waals surface area contributed by atoms with Crippen LogP contribution in [0, 0.1) is 17.5 Å². The molecule has 2 aromatic rings. The van der Waals surface area contributed by atoms with Crippen LogP contribution in [0.25, 0.3) is 0 Å². The molecule has 1 saturated heterocycles. The second-order valence-electron chi connectivity index (χ2n) is 7.28. The SMILES string of the molecule is C[C@H]1Cn2ncc(N3CC(O)CS3(=O)=O)c2CN1C(=O)Nc1cc(F)c(F)c(F)c1. The first-order chi connectivity index (χ1) is 14.1. The number of β-amino-alcohol motifs (C(OH)–C–C–N with tert-alkyl or cyclic N) is 1. The number of anilines is 2. The minimum atomic E-state index is -3.71. The number of rotatable bonds is 2. The number of halogens is 3. The molecule has 0 radical (unpaired) electrons. The monoisotopic (exact) mass is 445 g/mol. The van der Waals surface area contributed by atoms with Crippen molar-refractivity contribution in [3.05, 3.63) is 41.5 Å². The molecule has 1 fully saturated rings. The standard InChI is InChI=1S/C17H18F3N5O4S/c1-9-5-24-15(14(4-21-24)25-6-11(26)8-30(25,28)29)7-23(9)17(27)22-10-2-12(18)16(20)13(19)3-10/h2-4,9,11,26H,5-8H2,1H3,(H,22,27)/t9-,11?/m0/s1. The van der Waals surface area contributed by atoms with Crippen LogP contribution < -0.4 is 9.62 Å².